The van der Waals surface area contributed by atoms with Gasteiger partial charge in [-0.05, 0) is 42.0 Å². The molecule has 2 aromatic carbocycles. The van der Waals surface area contributed by atoms with Crippen molar-refractivity contribution in [2.75, 3.05) is 19.0 Å². The first kappa shape index (κ1) is 17.4. The lowest BCUT2D eigenvalue weighted by atomic mass is 10.2. The van der Waals surface area contributed by atoms with Crippen LogP contribution < -0.4 is 15.0 Å². The molecule has 0 saturated carbocycles. The van der Waals surface area contributed by atoms with Crippen molar-refractivity contribution >= 4 is 11.7 Å². The van der Waals surface area contributed by atoms with E-state index >= 15 is 0 Å². The largest absolute Gasteiger partial charge is 0.457 e. The van der Waals surface area contributed by atoms with Gasteiger partial charge in [0.15, 0.2) is 11.5 Å². The molecule has 1 heterocycles. The maximum atomic E-state index is 12.2. The molecule has 0 unspecified atom stereocenters. The third-order valence-electron chi connectivity index (χ3n) is 3.67. The molecule has 0 atom stereocenters. The maximum absolute atomic E-state index is 12.2. The second kappa shape index (κ2) is 8.11. The fourth-order valence-corrected chi connectivity index (χ4v) is 2.30. The molecule has 3 aromatic rings. The fourth-order valence-electron chi connectivity index (χ4n) is 2.30. The minimum absolute atomic E-state index is 0.266. The molecule has 1 N–H and O–H groups in total. The summed E-state index contributed by atoms with van der Waals surface area (Å²) in [6.07, 6.45) is 0. The number of nitrogens with zero attached hydrogens (tertiary/aromatic N) is 3. The van der Waals surface area contributed by atoms with Gasteiger partial charge >= 0.3 is 0 Å². The molecule has 6 heteroatoms. The highest BCUT2D eigenvalue weighted by Crippen LogP contribution is 2.21. The second-order valence-corrected chi connectivity index (χ2v) is 5.92. The molecule has 26 heavy (non-hydrogen) atoms. The van der Waals surface area contributed by atoms with Gasteiger partial charge in [0.25, 0.3) is 5.91 Å². The zero-order valence-corrected chi connectivity index (χ0v) is 14.7. The van der Waals surface area contributed by atoms with E-state index in [4.69, 9.17) is 4.74 Å². The van der Waals surface area contributed by atoms with E-state index in [9.17, 15) is 4.79 Å². The molecule has 0 aliphatic heterocycles. The third-order valence-corrected chi connectivity index (χ3v) is 3.67. The number of rotatable bonds is 6. The first-order valence-corrected chi connectivity index (χ1v) is 8.23. The van der Waals surface area contributed by atoms with E-state index < -0.39 is 0 Å². The number of hydrogen-bond acceptors (Lipinski definition) is 5. The standard InChI is InChI=1S/C20H20N4O2/c1-24(2)19-12-11-18(22-23-19)20(25)21-14-15-7-6-10-17(13-15)26-16-8-4-3-5-9-16/h3-13H,14H2,1-2H3,(H,21,25). The van der Waals surface area contributed by atoms with Gasteiger partial charge in [0, 0.05) is 20.6 Å². The fraction of sp³-hybridized carbons (Fsp3) is 0.150. The highest BCUT2D eigenvalue weighted by molar-refractivity contribution is 5.92. The molecule has 0 fully saturated rings. The van der Waals surface area contributed by atoms with Crippen molar-refractivity contribution in [3.05, 3.63) is 78.0 Å². The summed E-state index contributed by atoms with van der Waals surface area (Å²) in [7, 11) is 3.74. The lowest BCUT2D eigenvalue weighted by molar-refractivity contribution is 0.0945. The van der Waals surface area contributed by atoms with Crippen molar-refractivity contribution in [3.8, 4) is 11.5 Å². The molecule has 6 nitrogen and oxygen atoms in total. The van der Waals surface area contributed by atoms with Crippen molar-refractivity contribution in [3.63, 3.8) is 0 Å². The Morgan fingerprint density at radius 1 is 0.962 bits per heavy atom. The Labute approximate surface area is 152 Å². The van der Waals surface area contributed by atoms with Crippen molar-refractivity contribution < 1.29 is 9.53 Å². The van der Waals surface area contributed by atoms with E-state index in [2.05, 4.69) is 15.5 Å². The highest BCUT2D eigenvalue weighted by Gasteiger charge is 2.09. The van der Waals surface area contributed by atoms with E-state index in [-0.39, 0.29) is 11.6 Å². The van der Waals surface area contributed by atoms with Gasteiger partial charge in [-0.25, -0.2) is 0 Å². The van der Waals surface area contributed by atoms with Crippen molar-refractivity contribution in [1.82, 2.24) is 15.5 Å². The lowest BCUT2D eigenvalue weighted by Crippen LogP contribution is -2.24. The smallest absolute Gasteiger partial charge is 0.272 e. The van der Waals surface area contributed by atoms with Gasteiger partial charge in [-0.15, -0.1) is 10.2 Å². The molecule has 132 valence electrons. The highest BCUT2D eigenvalue weighted by atomic mass is 16.5. The monoisotopic (exact) mass is 348 g/mol. The molecular weight excluding hydrogens is 328 g/mol. The SMILES string of the molecule is CN(C)c1ccc(C(=O)NCc2cccc(Oc3ccccc3)c2)nn1. The Morgan fingerprint density at radius 2 is 1.73 bits per heavy atom. The Morgan fingerprint density at radius 3 is 2.42 bits per heavy atom. The van der Waals surface area contributed by atoms with Gasteiger partial charge in [-0.1, -0.05) is 30.3 Å². The van der Waals surface area contributed by atoms with Gasteiger partial charge in [0.1, 0.15) is 11.5 Å². The zero-order valence-electron chi connectivity index (χ0n) is 14.7. The number of carbonyl (C=O) groups is 1. The summed E-state index contributed by atoms with van der Waals surface area (Å²) < 4.78 is 5.81. The number of aromatic nitrogens is 2. The maximum Gasteiger partial charge on any atom is 0.272 e. The summed E-state index contributed by atoms with van der Waals surface area (Å²) in [5.74, 6) is 1.92. The van der Waals surface area contributed by atoms with Crippen LogP contribution in [-0.4, -0.2) is 30.2 Å². The van der Waals surface area contributed by atoms with Crippen molar-refractivity contribution in [2.24, 2.45) is 0 Å². The number of hydrogen-bond donors (Lipinski definition) is 1. The lowest BCUT2D eigenvalue weighted by Gasteiger charge is -2.10. The summed E-state index contributed by atoms with van der Waals surface area (Å²) in [5, 5.41) is 10.8. The first-order valence-electron chi connectivity index (χ1n) is 8.23. The molecule has 0 aliphatic rings. The van der Waals surface area contributed by atoms with Crippen molar-refractivity contribution in [1.29, 1.82) is 0 Å². The number of ether oxygens (including phenoxy) is 1. The van der Waals surface area contributed by atoms with Crippen LogP contribution in [0.25, 0.3) is 0 Å². The van der Waals surface area contributed by atoms with Gasteiger partial charge < -0.3 is 15.0 Å². The molecule has 0 radical (unpaired) electrons. The summed E-state index contributed by atoms with van der Waals surface area (Å²) >= 11 is 0. The van der Waals surface area contributed by atoms with Crippen LogP contribution in [-0.2, 0) is 6.54 Å². The minimum atomic E-state index is -0.266. The molecule has 0 saturated heterocycles. The number of nitrogens with one attached hydrogen (secondary N) is 1. The summed E-state index contributed by atoms with van der Waals surface area (Å²) in [6, 6.07) is 20.6. The van der Waals surface area contributed by atoms with Crippen LogP contribution >= 0.6 is 0 Å². The van der Waals surface area contributed by atoms with E-state index in [0.717, 1.165) is 17.1 Å². The van der Waals surface area contributed by atoms with Crippen molar-refractivity contribution in [2.45, 2.75) is 6.54 Å². The predicted molar refractivity (Wildman–Crippen MR) is 100 cm³/mol. The Balaban J connectivity index is 1.60. The molecular formula is C20H20N4O2. The quantitative estimate of drug-likeness (QED) is 0.740. The third kappa shape index (κ3) is 4.57. The van der Waals surface area contributed by atoms with Crippen LogP contribution in [0.2, 0.25) is 0 Å². The van der Waals surface area contributed by atoms with Gasteiger partial charge in [0.05, 0.1) is 0 Å². The van der Waals surface area contributed by atoms with E-state index in [1.807, 2.05) is 73.6 Å². The molecule has 1 aromatic heterocycles. The van der Waals surface area contributed by atoms with Crippen LogP contribution in [0.4, 0.5) is 5.82 Å². The summed E-state index contributed by atoms with van der Waals surface area (Å²) in [6.45, 7) is 0.377. The van der Waals surface area contributed by atoms with E-state index in [1.165, 1.54) is 0 Å². The Bertz CT molecular complexity index is 864. The first-order chi connectivity index (χ1) is 12.6. The normalized spacial score (nSPS) is 10.2. The van der Waals surface area contributed by atoms with Crippen LogP contribution in [0.1, 0.15) is 16.1 Å². The average molecular weight is 348 g/mol. The number of para-hydroxylation sites is 1. The zero-order chi connectivity index (χ0) is 18.4. The van der Waals surface area contributed by atoms with Crippen LogP contribution in [0.15, 0.2) is 66.7 Å². The Hall–Kier alpha value is -3.41. The Kier molecular flexibility index (Phi) is 5.43. The summed E-state index contributed by atoms with van der Waals surface area (Å²) in [4.78, 5) is 14.0. The van der Waals surface area contributed by atoms with Crippen LogP contribution in [0.3, 0.4) is 0 Å². The number of anilines is 1. The molecule has 1 amide bonds. The number of carbonyl (C=O) groups excluding carboxylic acids is 1. The van der Waals surface area contributed by atoms with E-state index in [0.29, 0.717) is 12.4 Å². The number of benzene rings is 2. The molecule has 0 bridgehead atoms. The molecule has 0 spiro atoms. The van der Waals surface area contributed by atoms with Gasteiger partial charge in [0.2, 0.25) is 0 Å². The molecule has 3 rings (SSSR count). The minimum Gasteiger partial charge on any atom is -0.457 e. The van der Waals surface area contributed by atoms with E-state index in [1.54, 1.807) is 12.1 Å². The topological polar surface area (TPSA) is 67.4 Å². The second-order valence-electron chi connectivity index (χ2n) is 5.92. The predicted octanol–water partition coefficient (Wildman–Crippen LogP) is 3.26. The number of amides is 1. The van der Waals surface area contributed by atoms with Gasteiger partial charge in [-0.2, -0.15) is 0 Å². The van der Waals surface area contributed by atoms with Gasteiger partial charge in [-0.3, -0.25) is 4.79 Å². The van der Waals surface area contributed by atoms with Crippen LogP contribution in [0.5, 0.6) is 11.5 Å². The average Bonchev–Trinajstić information content (AvgIpc) is 2.67. The molecule has 0 aliphatic carbocycles. The van der Waals surface area contributed by atoms with Crippen LogP contribution in [0, 0.1) is 0 Å². The summed E-state index contributed by atoms with van der Waals surface area (Å²) in [5.41, 5.74) is 1.22.